The molecule has 0 spiro atoms. The van der Waals surface area contributed by atoms with E-state index in [-0.39, 0.29) is 4.21 Å². The molecule has 0 unspecified atom stereocenters. The van der Waals surface area contributed by atoms with Crippen molar-refractivity contribution in [2.45, 2.75) is 25.0 Å². The Hall–Kier alpha value is -2.26. The van der Waals surface area contributed by atoms with E-state index in [2.05, 4.69) is 19.8 Å². The molecule has 0 fully saturated rings. The number of aromatic nitrogens is 4. The Balaban J connectivity index is 2.05. The lowest BCUT2D eigenvalue weighted by molar-refractivity contribution is 0.602. The molecule has 120 valence electrons. The zero-order valence-electron chi connectivity index (χ0n) is 12.8. The zero-order valence-corrected chi connectivity index (χ0v) is 14.4. The second-order valence-corrected chi connectivity index (χ2v) is 7.89. The molecule has 0 aliphatic carbocycles. The molecule has 0 radical (unpaired) electrons. The molecule has 1 N–H and O–H groups in total. The first kappa shape index (κ1) is 15.6. The van der Waals surface area contributed by atoms with Crippen LogP contribution in [0.25, 0.3) is 5.82 Å². The maximum atomic E-state index is 12.4. The van der Waals surface area contributed by atoms with Gasteiger partial charge in [0.25, 0.3) is 10.0 Å². The van der Waals surface area contributed by atoms with Crippen LogP contribution in [0.5, 0.6) is 0 Å². The zero-order chi connectivity index (χ0) is 16.6. The topological polar surface area (TPSA) is 89.8 Å². The van der Waals surface area contributed by atoms with E-state index in [0.717, 1.165) is 17.0 Å². The summed E-state index contributed by atoms with van der Waals surface area (Å²) in [5.41, 5.74) is 1.47. The van der Waals surface area contributed by atoms with E-state index in [0.29, 0.717) is 23.2 Å². The number of hydrogen-bond acceptors (Lipinski definition) is 6. The van der Waals surface area contributed by atoms with Gasteiger partial charge in [-0.2, -0.15) is 9.78 Å². The van der Waals surface area contributed by atoms with Crippen molar-refractivity contribution in [3.05, 3.63) is 46.9 Å². The number of thiophene rings is 1. The van der Waals surface area contributed by atoms with Crippen molar-refractivity contribution >= 4 is 27.2 Å². The molecule has 0 amide bonds. The first-order valence-electron chi connectivity index (χ1n) is 6.81. The monoisotopic (exact) mass is 349 g/mol. The van der Waals surface area contributed by atoms with Gasteiger partial charge >= 0.3 is 0 Å². The van der Waals surface area contributed by atoms with E-state index in [9.17, 15) is 8.42 Å². The van der Waals surface area contributed by atoms with E-state index in [1.165, 1.54) is 4.68 Å². The van der Waals surface area contributed by atoms with Gasteiger partial charge in [0.05, 0.1) is 5.69 Å². The highest BCUT2D eigenvalue weighted by atomic mass is 32.2. The Labute approximate surface area is 138 Å². The number of nitrogens with zero attached hydrogens (tertiary/aromatic N) is 4. The van der Waals surface area contributed by atoms with Crippen LogP contribution in [0.4, 0.5) is 5.82 Å². The third-order valence-electron chi connectivity index (χ3n) is 3.00. The fourth-order valence-corrected chi connectivity index (χ4v) is 4.18. The van der Waals surface area contributed by atoms with Crippen LogP contribution in [0.3, 0.4) is 0 Å². The molecule has 3 aromatic heterocycles. The van der Waals surface area contributed by atoms with Crippen molar-refractivity contribution in [2.24, 2.45) is 0 Å². The normalized spacial score (nSPS) is 11.6. The van der Waals surface area contributed by atoms with Crippen LogP contribution < -0.4 is 4.72 Å². The van der Waals surface area contributed by atoms with E-state index >= 15 is 0 Å². The summed E-state index contributed by atoms with van der Waals surface area (Å²) < 4.78 is 29.1. The fourth-order valence-electron chi connectivity index (χ4n) is 2.16. The molecule has 0 aliphatic rings. The molecule has 3 heterocycles. The summed E-state index contributed by atoms with van der Waals surface area (Å²) in [4.78, 5) is 8.55. The number of nitrogens with one attached hydrogen (secondary N) is 1. The fraction of sp³-hybridized carbons (Fsp3) is 0.214. The van der Waals surface area contributed by atoms with Gasteiger partial charge in [0.2, 0.25) is 0 Å². The molecule has 0 saturated heterocycles. The summed E-state index contributed by atoms with van der Waals surface area (Å²) in [6.07, 6.45) is 0. The van der Waals surface area contributed by atoms with Crippen molar-refractivity contribution in [3.8, 4) is 5.82 Å². The number of hydrogen-bond donors (Lipinski definition) is 1. The molecule has 23 heavy (non-hydrogen) atoms. The lowest BCUT2D eigenvalue weighted by atomic mass is 10.4. The highest BCUT2D eigenvalue weighted by molar-refractivity contribution is 7.94. The summed E-state index contributed by atoms with van der Waals surface area (Å²) in [6, 6.07) is 6.67. The average Bonchev–Trinajstić information content (AvgIpc) is 3.07. The molecule has 3 rings (SSSR count). The number of anilines is 1. The van der Waals surface area contributed by atoms with Gasteiger partial charge in [0, 0.05) is 17.8 Å². The van der Waals surface area contributed by atoms with Crippen LogP contribution in [0.15, 0.2) is 33.9 Å². The minimum absolute atomic E-state index is 0.248. The number of rotatable bonds is 4. The number of aryl methyl sites for hydroxylation is 3. The molecular formula is C14H15N5O2S2. The Morgan fingerprint density at radius 1 is 1.13 bits per heavy atom. The Morgan fingerprint density at radius 3 is 2.57 bits per heavy atom. The van der Waals surface area contributed by atoms with Gasteiger partial charge in [-0.25, -0.2) is 18.4 Å². The molecule has 0 aliphatic heterocycles. The minimum Gasteiger partial charge on any atom is -0.263 e. The Morgan fingerprint density at radius 2 is 1.91 bits per heavy atom. The third kappa shape index (κ3) is 3.25. The molecule has 7 nitrogen and oxygen atoms in total. The van der Waals surface area contributed by atoms with Crippen LogP contribution in [0.1, 0.15) is 17.2 Å². The summed E-state index contributed by atoms with van der Waals surface area (Å²) in [5, 5.41) is 6.05. The van der Waals surface area contributed by atoms with Crippen molar-refractivity contribution in [2.75, 3.05) is 4.72 Å². The summed E-state index contributed by atoms with van der Waals surface area (Å²) in [5.74, 6) is 1.46. The van der Waals surface area contributed by atoms with Crippen molar-refractivity contribution in [1.82, 2.24) is 19.7 Å². The maximum Gasteiger partial charge on any atom is 0.272 e. The van der Waals surface area contributed by atoms with Gasteiger partial charge in [0.1, 0.15) is 15.9 Å². The van der Waals surface area contributed by atoms with Crippen molar-refractivity contribution < 1.29 is 8.42 Å². The molecular weight excluding hydrogens is 334 g/mol. The van der Waals surface area contributed by atoms with Crippen LogP contribution in [-0.4, -0.2) is 28.2 Å². The lowest BCUT2D eigenvalue weighted by Crippen LogP contribution is -2.15. The SMILES string of the molecule is Cc1cc(-n2nc(C)cc2NS(=O)(=O)c2cccs2)nc(C)n1. The highest BCUT2D eigenvalue weighted by Gasteiger charge is 2.19. The molecule has 0 bridgehead atoms. The lowest BCUT2D eigenvalue weighted by Gasteiger charge is -2.09. The second-order valence-electron chi connectivity index (χ2n) is 5.04. The Kier molecular flexibility index (Phi) is 3.90. The second kappa shape index (κ2) is 5.74. The standard InChI is InChI=1S/C14H15N5O2S2/c1-9-7-12(16-11(3)15-9)19-13(8-10(2)17-19)18-23(20,21)14-5-4-6-22-14/h4-8,18H,1-3H3. The van der Waals surface area contributed by atoms with Crippen LogP contribution in [0, 0.1) is 20.8 Å². The van der Waals surface area contributed by atoms with E-state index in [1.807, 2.05) is 6.92 Å². The molecule has 9 heteroatoms. The predicted molar refractivity (Wildman–Crippen MR) is 88.5 cm³/mol. The molecule has 3 aromatic rings. The van der Waals surface area contributed by atoms with E-state index in [4.69, 9.17) is 0 Å². The highest BCUT2D eigenvalue weighted by Crippen LogP contribution is 2.22. The van der Waals surface area contributed by atoms with Gasteiger partial charge < -0.3 is 0 Å². The molecule has 0 saturated carbocycles. The average molecular weight is 349 g/mol. The van der Waals surface area contributed by atoms with Crippen molar-refractivity contribution in [1.29, 1.82) is 0 Å². The number of sulfonamides is 1. The summed E-state index contributed by atoms with van der Waals surface area (Å²) in [6.45, 7) is 5.42. The first-order chi connectivity index (χ1) is 10.8. The van der Waals surface area contributed by atoms with Crippen LogP contribution in [0.2, 0.25) is 0 Å². The Bertz CT molecular complexity index is 925. The van der Waals surface area contributed by atoms with Gasteiger partial charge in [-0.3, -0.25) is 4.72 Å². The van der Waals surface area contributed by atoms with Gasteiger partial charge in [-0.1, -0.05) is 6.07 Å². The minimum atomic E-state index is -3.64. The summed E-state index contributed by atoms with van der Waals surface area (Å²) in [7, 11) is -3.64. The molecule has 0 aromatic carbocycles. The maximum absolute atomic E-state index is 12.4. The van der Waals surface area contributed by atoms with E-state index < -0.39 is 10.0 Å². The van der Waals surface area contributed by atoms with Gasteiger partial charge in [0.15, 0.2) is 5.82 Å². The molecule has 0 atom stereocenters. The van der Waals surface area contributed by atoms with E-state index in [1.54, 1.807) is 43.5 Å². The smallest absolute Gasteiger partial charge is 0.263 e. The third-order valence-corrected chi connectivity index (χ3v) is 5.75. The van der Waals surface area contributed by atoms with Gasteiger partial charge in [-0.15, -0.1) is 11.3 Å². The van der Waals surface area contributed by atoms with Crippen molar-refractivity contribution in [3.63, 3.8) is 0 Å². The van der Waals surface area contributed by atoms with Crippen LogP contribution >= 0.6 is 11.3 Å². The first-order valence-corrected chi connectivity index (χ1v) is 9.17. The largest absolute Gasteiger partial charge is 0.272 e. The van der Waals surface area contributed by atoms with Crippen LogP contribution in [-0.2, 0) is 10.0 Å². The van der Waals surface area contributed by atoms with Gasteiger partial charge in [-0.05, 0) is 32.2 Å². The predicted octanol–water partition coefficient (Wildman–Crippen LogP) is 2.45. The summed E-state index contributed by atoms with van der Waals surface area (Å²) >= 11 is 1.16. The quantitative estimate of drug-likeness (QED) is 0.781.